The number of pyridine rings is 1. The number of aromatic nitrogens is 1. The zero-order valence-corrected chi connectivity index (χ0v) is 11.4. The predicted octanol–water partition coefficient (Wildman–Crippen LogP) is 3.31. The second-order valence-electron chi connectivity index (χ2n) is 4.36. The lowest BCUT2D eigenvalue weighted by molar-refractivity contribution is -0.134. The SMILES string of the molecule is CC(NCc1ccsc1C(F)(F)F)c1cc[nH]c(=O)c1. The second-order valence-corrected chi connectivity index (χ2v) is 5.28. The Morgan fingerprint density at radius 3 is 2.80 bits per heavy atom. The Kier molecular flexibility index (Phi) is 4.29. The third kappa shape index (κ3) is 3.49. The van der Waals surface area contributed by atoms with Gasteiger partial charge in [0.25, 0.3) is 0 Å². The Balaban J connectivity index is 2.06. The van der Waals surface area contributed by atoms with Gasteiger partial charge in [0.15, 0.2) is 0 Å². The fourth-order valence-corrected chi connectivity index (χ4v) is 2.63. The third-order valence-electron chi connectivity index (χ3n) is 2.90. The average Bonchev–Trinajstić information content (AvgIpc) is 2.84. The third-order valence-corrected chi connectivity index (χ3v) is 3.90. The molecule has 0 bridgehead atoms. The zero-order valence-electron chi connectivity index (χ0n) is 10.6. The molecular formula is C13H13F3N2OS. The number of halogens is 3. The monoisotopic (exact) mass is 302 g/mol. The fourth-order valence-electron chi connectivity index (χ4n) is 1.84. The normalized spacial score (nSPS) is 13.4. The van der Waals surface area contributed by atoms with E-state index in [-0.39, 0.29) is 23.7 Å². The molecule has 0 aromatic carbocycles. The van der Waals surface area contributed by atoms with Crippen molar-refractivity contribution >= 4 is 11.3 Å². The van der Waals surface area contributed by atoms with Crippen LogP contribution in [0.3, 0.4) is 0 Å². The van der Waals surface area contributed by atoms with Crippen LogP contribution in [-0.4, -0.2) is 4.98 Å². The number of thiophene rings is 1. The zero-order chi connectivity index (χ0) is 14.8. The molecule has 3 nitrogen and oxygen atoms in total. The molecule has 0 aliphatic rings. The molecular weight excluding hydrogens is 289 g/mol. The van der Waals surface area contributed by atoms with Crippen molar-refractivity contribution in [3.05, 3.63) is 56.1 Å². The first-order valence-electron chi connectivity index (χ1n) is 5.93. The lowest BCUT2D eigenvalue weighted by Gasteiger charge is -2.14. The maximum Gasteiger partial charge on any atom is 0.425 e. The molecule has 0 saturated carbocycles. The van der Waals surface area contributed by atoms with Crippen LogP contribution in [0.2, 0.25) is 0 Å². The first-order valence-corrected chi connectivity index (χ1v) is 6.81. The number of hydrogen-bond donors (Lipinski definition) is 2. The lowest BCUT2D eigenvalue weighted by Crippen LogP contribution is -2.21. The van der Waals surface area contributed by atoms with Crippen molar-refractivity contribution in [2.24, 2.45) is 0 Å². The summed E-state index contributed by atoms with van der Waals surface area (Å²) in [6, 6.07) is 4.40. The number of H-pyrrole nitrogens is 1. The van der Waals surface area contributed by atoms with E-state index in [2.05, 4.69) is 10.3 Å². The van der Waals surface area contributed by atoms with Crippen LogP contribution < -0.4 is 10.9 Å². The summed E-state index contributed by atoms with van der Waals surface area (Å²) in [6.45, 7) is 1.90. The van der Waals surface area contributed by atoms with E-state index < -0.39 is 11.1 Å². The van der Waals surface area contributed by atoms with Gasteiger partial charge in [-0.25, -0.2) is 0 Å². The van der Waals surface area contributed by atoms with Gasteiger partial charge in [0.2, 0.25) is 5.56 Å². The van der Waals surface area contributed by atoms with Gasteiger partial charge in [0.1, 0.15) is 4.88 Å². The van der Waals surface area contributed by atoms with E-state index in [0.29, 0.717) is 11.3 Å². The van der Waals surface area contributed by atoms with Crippen molar-refractivity contribution in [1.82, 2.24) is 10.3 Å². The summed E-state index contributed by atoms with van der Waals surface area (Å²) in [4.78, 5) is 13.1. The summed E-state index contributed by atoms with van der Waals surface area (Å²) in [6.07, 6.45) is -2.81. The van der Waals surface area contributed by atoms with E-state index in [1.807, 2.05) is 0 Å². The van der Waals surface area contributed by atoms with E-state index in [1.54, 1.807) is 13.0 Å². The van der Waals surface area contributed by atoms with Gasteiger partial charge in [-0.3, -0.25) is 4.79 Å². The minimum atomic E-state index is -4.32. The van der Waals surface area contributed by atoms with Crippen molar-refractivity contribution < 1.29 is 13.2 Å². The van der Waals surface area contributed by atoms with Crippen molar-refractivity contribution in [2.75, 3.05) is 0 Å². The van der Waals surface area contributed by atoms with Crippen LogP contribution in [0.25, 0.3) is 0 Å². The highest BCUT2D eigenvalue weighted by Crippen LogP contribution is 2.36. The predicted molar refractivity (Wildman–Crippen MR) is 71.6 cm³/mol. The summed E-state index contributed by atoms with van der Waals surface area (Å²) in [7, 11) is 0. The van der Waals surface area contributed by atoms with Crippen LogP contribution in [-0.2, 0) is 12.7 Å². The smallest absolute Gasteiger partial charge is 0.329 e. The quantitative estimate of drug-likeness (QED) is 0.910. The van der Waals surface area contributed by atoms with Crippen LogP contribution in [0.4, 0.5) is 13.2 Å². The Hall–Kier alpha value is -1.60. The molecule has 1 unspecified atom stereocenters. The molecule has 2 N–H and O–H groups in total. The van der Waals surface area contributed by atoms with E-state index in [4.69, 9.17) is 0 Å². The summed E-state index contributed by atoms with van der Waals surface area (Å²) in [5.74, 6) is 0. The van der Waals surface area contributed by atoms with Crippen molar-refractivity contribution in [2.45, 2.75) is 25.7 Å². The molecule has 7 heteroatoms. The Morgan fingerprint density at radius 1 is 1.40 bits per heavy atom. The minimum absolute atomic E-state index is 0.103. The van der Waals surface area contributed by atoms with E-state index in [1.165, 1.54) is 23.7 Å². The van der Waals surface area contributed by atoms with Crippen LogP contribution in [0.5, 0.6) is 0 Å². The molecule has 0 radical (unpaired) electrons. The van der Waals surface area contributed by atoms with Crippen molar-refractivity contribution in [3.8, 4) is 0 Å². The number of nitrogens with one attached hydrogen (secondary N) is 2. The average molecular weight is 302 g/mol. The maximum atomic E-state index is 12.7. The van der Waals surface area contributed by atoms with Gasteiger partial charge in [0, 0.05) is 24.8 Å². The van der Waals surface area contributed by atoms with Gasteiger partial charge in [-0.05, 0) is 35.6 Å². The number of rotatable bonds is 4. The summed E-state index contributed by atoms with van der Waals surface area (Å²) >= 11 is 0.686. The van der Waals surface area contributed by atoms with Crippen LogP contribution in [0.15, 0.2) is 34.6 Å². The van der Waals surface area contributed by atoms with Gasteiger partial charge >= 0.3 is 6.18 Å². The molecule has 1 atom stereocenters. The number of hydrogen-bond acceptors (Lipinski definition) is 3. The number of alkyl halides is 3. The highest BCUT2D eigenvalue weighted by Gasteiger charge is 2.34. The standard InChI is InChI=1S/C13H13F3N2OS/c1-8(9-2-4-17-11(19)6-9)18-7-10-3-5-20-12(10)13(14,15)16/h2-6,8,18H,7H2,1H3,(H,17,19). The van der Waals surface area contributed by atoms with Crippen molar-refractivity contribution in [1.29, 1.82) is 0 Å². The van der Waals surface area contributed by atoms with E-state index in [9.17, 15) is 18.0 Å². The molecule has 2 aromatic heterocycles. The molecule has 0 fully saturated rings. The Labute approximate surface area is 117 Å². The van der Waals surface area contributed by atoms with E-state index >= 15 is 0 Å². The maximum absolute atomic E-state index is 12.7. The molecule has 2 aromatic rings. The first-order chi connectivity index (χ1) is 9.38. The molecule has 0 aliphatic carbocycles. The van der Waals surface area contributed by atoms with Gasteiger partial charge in [-0.15, -0.1) is 11.3 Å². The van der Waals surface area contributed by atoms with Crippen molar-refractivity contribution in [3.63, 3.8) is 0 Å². The van der Waals surface area contributed by atoms with Crippen LogP contribution >= 0.6 is 11.3 Å². The molecule has 0 aliphatic heterocycles. The van der Waals surface area contributed by atoms with Gasteiger partial charge in [0.05, 0.1) is 0 Å². The number of aromatic amines is 1. The summed E-state index contributed by atoms with van der Waals surface area (Å²) < 4.78 is 38.2. The second kappa shape index (κ2) is 5.80. The van der Waals surface area contributed by atoms with Crippen LogP contribution in [0, 0.1) is 0 Å². The van der Waals surface area contributed by atoms with Crippen LogP contribution in [0.1, 0.15) is 29.0 Å². The van der Waals surface area contributed by atoms with Gasteiger partial charge < -0.3 is 10.3 Å². The minimum Gasteiger partial charge on any atom is -0.329 e. The fraction of sp³-hybridized carbons (Fsp3) is 0.308. The molecule has 2 rings (SSSR count). The molecule has 0 spiro atoms. The molecule has 20 heavy (non-hydrogen) atoms. The summed E-state index contributed by atoms with van der Waals surface area (Å²) in [5.41, 5.74) is 0.722. The highest BCUT2D eigenvalue weighted by atomic mass is 32.1. The molecule has 0 saturated heterocycles. The first kappa shape index (κ1) is 14.8. The molecule has 0 amide bonds. The molecule has 108 valence electrons. The Morgan fingerprint density at radius 2 is 2.15 bits per heavy atom. The van der Waals surface area contributed by atoms with E-state index in [0.717, 1.165) is 5.56 Å². The largest absolute Gasteiger partial charge is 0.425 e. The molecule has 2 heterocycles. The lowest BCUT2D eigenvalue weighted by atomic mass is 10.1. The Bertz CT molecular complexity index is 633. The topological polar surface area (TPSA) is 44.9 Å². The highest BCUT2D eigenvalue weighted by molar-refractivity contribution is 7.10. The van der Waals surface area contributed by atoms with Gasteiger partial charge in [-0.1, -0.05) is 0 Å². The van der Waals surface area contributed by atoms with Gasteiger partial charge in [-0.2, -0.15) is 13.2 Å². The summed E-state index contributed by atoms with van der Waals surface area (Å²) in [5, 5.41) is 4.42.